The van der Waals surface area contributed by atoms with Crippen LogP contribution in [0.25, 0.3) is 0 Å². The summed E-state index contributed by atoms with van der Waals surface area (Å²) in [6.07, 6.45) is 4.99. The van der Waals surface area contributed by atoms with E-state index < -0.39 is 0 Å². The zero-order chi connectivity index (χ0) is 19.3. The molecule has 2 aromatic heterocycles. The molecule has 1 amide bonds. The summed E-state index contributed by atoms with van der Waals surface area (Å²) in [6.45, 7) is 6.84. The Morgan fingerprint density at radius 2 is 1.85 bits per heavy atom. The van der Waals surface area contributed by atoms with E-state index in [0.29, 0.717) is 18.2 Å². The third kappa shape index (κ3) is 4.88. The third-order valence-corrected chi connectivity index (χ3v) is 4.05. The summed E-state index contributed by atoms with van der Waals surface area (Å²) in [6, 6.07) is 13.4. The van der Waals surface area contributed by atoms with E-state index in [0.717, 1.165) is 16.8 Å². The van der Waals surface area contributed by atoms with Gasteiger partial charge in [0.25, 0.3) is 5.91 Å². The van der Waals surface area contributed by atoms with Crippen LogP contribution < -0.4 is 10.6 Å². The first-order chi connectivity index (χ1) is 12.9. The standard InChI is InChI=1S/C21H23N5O/c1-21(2,3)16-8-4-5-9-17(16)25-20-23-12-10-18(26-20)19(27)24-14-15-7-6-11-22-13-15/h4-13H,14H2,1-3H3,(H,24,27)(H,23,25,26). The highest BCUT2D eigenvalue weighted by atomic mass is 16.1. The minimum Gasteiger partial charge on any atom is -0.347 e. The lowest BCUT2D eigenvalue weighted by Crippen LogP contribution is -2.24. The number of rotatable bonds is 5. The van der Waals surface area contributed by atoms with E-state index in [9.17, 15) is 4.79 Å². The number of anilines is 2. The Bertz CT molecular complexity index is 919. The maximum absolute atomic E-state index is 12.4. The molecule has 1 aromatic carbocycles. The van der Waals surface area contributed by atoms with Crippen molar-refractivity contribution in [3.8, 4) is 0 Å². The second-order valence-corrected chi connectivity index (χ2v) is 7.23. The number of hydrogen-bond acceptors (Lipinski definition) is 5. The van der Waals surface area contributed by atoms with Gasteiger partial charge < -0.3 is 10.6 Å². The second-order valence-electron chi connectivity index (χ2n) is 7.23. The summed E-state index contributed by atoms with van der Waals surface area (Å²) >= 11 is 0. The number of benzene rings is 1. The highest BCUT2D eigenvalue weighted by molar-refractivity contribution is 5.92. The van der Waals surface area contributed by atoms with Gasteiger partial charge in [0, 0.05) is 30.8 Å². The van der Waals surface area contributed by atoms with E-state index in [-0.39, 0.29) is 11.3 Å². The Hall–Kier alpha value is -3.28. The van der Waals surface area contributed by atoms with Crippen LogP contribution in [0, 0.1) is 0 Å². The predicted octanol–water partition coefficient (Wildman–Crippen LogP) is 3.84. The molecule has 27 heavy (non-hydrogen) atoms. The molecule has 0 aliphatic carbocycles. The summed E-state index contributed by atoms with van der Waals surface area (Å²) in [4.78, 5) is 25.0. The molecule has 0 saturated carbocycles. The van der Waals surface area contributed by atoms with Gasteiger partial charge in [0.1, 0.15) is 5.69 Å². The summed E-state index contributed by atoms with van der Waals surface area (Å²) in [5, 5.41) is 6.08. The van der Waals surface area contributed by atoms with Gasteiger partial charge in [-0.2, -0.15) is 0 Å². The first kappa shape index (κ1) is 18.5. The van der Waals surface area contributed by atoms with Crippen molar-refractivity contribution in [3.05, 3.63) is 77.9 Å². The van der Waals surface area contributed by atoms with Crippen molar-refractivity contribution in [2.24, 2.45) is 0 Å². The van der Waals surface area contributed by atoms with Crippen molar-refractivity contribution in [3.63, 3.8) is 0 Å². The lowest BCUT2D eigenvalue weighted by Gasteiger charge is -2.23. The van der Waals surface area contributed by atoms with E-state index in [1.165, 1.54) is 0 Å². The molecule has 3 rings (SSSR count). The first-order valence-electron chi connectivity index (χ1n) is 8.80. The van der Waals surface area contributed by atoms with Crippen molar-refractivity contribution in [2.45, 2.75) is 32.7 Å². The molecule has 138 valence electrons. The molecule has 6 heteroatoms. The van der Waals surface area contributed by atoms with Gasteiger partial charge in [-0.1, -0.05) is 45.0 Å². The second kappa shape index (κ2) is 7.95. The Labute approximate surface area is 159 Å². The number of nitrogens with one attached hydrogen (secondary N) is 2. The Kier molecular flexibility index (Phi) is 5.45. The Morgan fingerprint density at radius 1 is 1.04 bits per heavy atom. The molecular weight excluding hydrogens is 338 g/mol. The van der Waals surface area contributed by atoms with Crippen LogP contribution in [-0.2, 0) is 12.0 Å². The summed E-state index contributed by atoms with van der Waals surface area (Å²) < 4.78 is 0. The molecule has 2 N–H and O–H groups in total. The molecule has 0 saturated heterocycles. The lowest BCUT2D eigenvalue weighted by atomic mass is 9.86. The average Bonchev–Trinajstić information content (AvgIpc) is 2.67. The Balaban J connectivity index is 1.74. The highest BCUT2D eigenvalue weighted by Crippen LogP contribution is 2.30. The molecule has 0 radical (unpaired) electrons. The van der Waals surface area contributed by atoms with Crippen LogP contribution in [0.5, 0.6) is 0 Å². The summed E-state index contributed by atoms with van der Waals surface area (Å²) in [7, 11) is 0. The van der Waals surface area contributed by atoms with Gasteiger partial charge >= 0.3 is 0 Å². The minimum atomic E-state index is -0.256. The number of pyridine rings is 1. The average molecular weight is 361 g/mol. The van der Waals surface area contributed by atoms with Crippen molar-refractivity contribution < 1.29 is 4.79 Å². The summed E-state index contributed by atoms with van der Waals surface area (Å²) in [5.74, 6) is 0.133. The van der Waals surface area contributed by atoms with Crippen LogP contribution in [0.1, 0.15) is 42.4 Å². The number of carbonyl (C=O) groups excluding carboxylic acids is 1. The molecule has 0 bridgehead atoms. The number of aromatic nitrogens is 3. The van der Waals surface area contributed by atoms with Crippen molar-refractivity contribution >= 4 is 17.5 Å². The topological polar surface area (TPSA) is 79.8 Å². The zero-order valence-electron chi connectivity index (χ0n) is 15.7. The first-order valence-corrected chi connectivity index (χ1v) is 8.80. The van der Waals surface area contributed by atoms with Crippen LogP contribution in [-0.4, -0.2) is 20.9 Å². The van der Waals surface area contributed by atoms with Crippen LogP contribution in [0.4, 0.5) is 11.6 Å². The molecule has 0 aliphatic heterocycles. The molecule has 0 fully saturated rings. The number of carbonyl (C=O) groups is 1. The van der Waals surface area contributed by atoms with Gasteiger partial charge in [-0.3, -0.25) is 9.78 Å². The third-order valence-electron chi connectivity index (χ3n) is 4.05. The van der Waals surface area contributed by atoms with Crippen LogP contribution >= 0.6 is 0 Å². The van der Waals surface area contributed by atoms with Gasteiger partial charge in [-0.25, -0.2) is 9.97 Å². The zero-order valence-corrected chi connectivity index (χ0v) is 15.7. The molecule has 2 heterocycles. The molecule has 0 aliphatic rings. The smallest absolute Gasteiger partial charge is 0.270 e. The van der Waals surface area contributed by atoms with Gasteiger partial charge in [0.05, 0.1) is 0 Å². The van der Waals surface area contributed by atoms with Crippen molar-refractivity contribution in [1.29, 1.82) is 0 Å². The van der Waals surface area contributed by atoms with E-state index in [1.54, 1.807) is 24.7 Å². The molecule has 6 nitrogen and oxygen atoms in total. The fourth-order valence-electron chi connectivity index (χ4n) is 2.69. The molecule has 0 unspecified atom stereocenters. The van der Waals surface area contributed by atoms with Crippen LogP contribution in [0.2, 0.25) is 0 Å². The van der Waals surface area contributed by atoms with E-state index in [2.05, 4.69) is 52.4 Å². The quantitative estimate of drug-likeness (QED) is 0.722. The Morgan fingerprint density at radius 3 is 2.59 bits per heavy atom. The minimum absolute atomic E-state index is 0.0255. The van der Waals surface area contributed by atoms with Crippen molar-refractivity contribution in [2.75, 3.05) is 5.32 Å². The van der Waals surface area contributed by atoms with Gasteiger partial charge in [0.2, 0.25) is 5.95 Å². The summed E-state index contributed by atoms with van der Waals surface area (Å²) in [5.41, 5.74) is 3.29. The lowest BCUT2D eigenvalue weighted by molar-refractivity contribution is 0.0946. The number of nitrogens with zero attached hydrogens (tertiary/aromatic N) is 3. The maximum atomic E-state index is 12.4. The van der Waals surface area contributed by atoms with Gasteiger partial charge in [-0.15, -0.1) is 0 Å². The van der Waals surface area contributed by atoms with E-state index in [1.807, 2.05) is 30.3 Å². The SMILES string of the molecule is CC(C)(C)c1ccccc1Nc1nccc(C(=O)NCc2cccnc2)n1. The molecule has 0 spiro atoms. The number of amides is 1. The highest BCUT2D eigenvalue weighted by Gasteiger charge is 2.18. The van der Waals surface area contributed by atoms with Gasteiger partial charge in [-0.05, 0) is 34.7 Å². The monoisotopic (exact) mass is 361 g/mol. The molecule has 0 atom stereocenters. The van der Waals surface area contributed by atoms with Crippen LogP contribution in [0.15, 0.2) is 61.1 Å². The normalized spacial score (nSPS) is 11.1. The number of hydrogen-bond donors (Lipinski definition) is 2. The fraction of sp³-hybridized carbons (Fsp3) is 0.238. The predicted molar refractivity (Wildman–Crippen MR) is 106 cm³/mol. The van der Waals surface area contributed by atoms with Crippen LogP contribution in [0.3, 0.4) is 0 Å². The van der Waals surface area contributed by atoms with Crippen molar-refractivity contribution in [1.82, 2.24) is 20.3 Å². The van der Waals surface area contributed by atoms with Gasteiger partial charge in [0.15, 0.2) is 0 Å². The number of para-hydroxylation sites is 1. The van der Waals surface area contributed by atoms with E-state index in [4.69, 9.17) is 0 Å². The fourth-order valence-corrected chi connectivity index (χ4v) is 2.69. The largest absolute Gasteiger partial charge is 0.347 e. The maximum Gasteiger partial charge on any atom is 0.270 e. The molecular formula is C21H23N5O. The molecule has 3 aromatic rings. The van der Waals surface area contributed by atoms with E-state index >= 15 is 0 Å².